The van der Waals surface area contributed by atoms with Gasteiger partial charge in [0.1, 0.15) is 40.3 Å². The lowest BCUT2D eigenvalue weighted by Gasteiger charge is -2.40. The van der Waals surface area contributed by atoms with E-state index in [-0.39, 0.29) is 70.5 Å². The zero-order valence-electron chi connectivity index (χ0n) is 24.0. The molecule has 0 saturated carbocycles. The second kappa shape index (κ2) is 10.7. The van der Waals surface area contributed by atoms with Gasteiger partial charge in [0.2, 0.25) is 5.91 Å². The second-order valence-electron chi connectivity index (χ2n) is 12.1. The van der Waals surface area contributed by atoms with Gasteiger partial charge in [-0.25, -0.2) is 9.37 Å². The number of aromatic hydroxyl groups is 1. The number of piperazine rings is 1. The van der Waals surface area contributed by atoms with Gasteiger partial charge in [-0.2, -0.15) is 0 Å². The Labute approximate surface area is 249 Å². The first kappa shape index (κ1) is 28.7. The number of nitrogens with zero attached hydrogens (tertiary/aromatic N) is 5. The number of hydrogen-bond donors (Lipinski definition) is 1. The Morgan fingerprint density at radius 2 is 1.98 bits per heavy atom. The molecule has 0 radical (unpaired) electrons. The largest absolute Gasteiger partial charge is 0.507 e. The quantitative estimate of drug-likeness (QED) is 0.524. The number of halogens is 2. The molecular weight excluding hydrogens is 565 g/mol. The van der Waals surface area contributed by atoms with Crippen LogP contribution in [0.15, 0.2) is 30.9 Å². The predicted molar refractivity (Wildman–Crippen MR) is 156 cm³/mol. The smallest absolute Gasteiger partial charge is 0.261 e. The number of amides is 2. The molecule has 1 aromatic carbocycles. The molecule has 224 valence electrons. The maximum Gasteiger partial charge on any atom is 0.261 e. The van der Waals surface area contributed by atoms with E-state index >= 15 is 4.39 Å². The molecule has 1 unspecified atom stereocenters. The van der Waals surface area contributed by atoms with Crippen LogP contribution in [0.3, 0.4) is 0 Å². The number of phenols is 1. The molecule has 10 nitrogen and oxygen atoms in total. The van der Waals surface area contributed by atoms with E-state index < -0.39 is 17.4 Å². The molecule has 5 heterocycles. The van der Waals surface area contributed by atoms with Crippen LogP contribution in [0.4, 0.5) is 10.2 Å². The molecule has 2 aromatic rings. The Bertz CT molecular complexity index is 1430. The summed E-state index contributed by atoms with van der Waals surface area (Å²) in [5.74, 6) is -1.20. The molecule has 4 aliphatic rings. The van der Waals surface area contributed by atoms with Crippen LogP contribution in [-0.2, 0) is 9.53 Å². The average molecular weight is 600 g/mol. The Balaban J connectivity index is 1.46. The van der Waals surface area contributed by atoms with Crippen LogP contribution in [0.5, 0.6) is 11.5 Å². The summed E-state index contributed by atoms with van der Waals surface area (Å²) in [7, 11) is 2.04. The normalized spacial score (nSPS) is 24.0. The molecule has 0 aliphatic carbocycles. The van der Waals surface area contributed by atoms with Crippen molar-refractivity contribution in [2.24, 2.45) is 0 Å². The van der Waals surface area contributed by atoms with Gasteiger partial charge < -0.3 is 34.2 Å². The minimum atomic E-state index is -0.706. The fourth-order valence-electron chi connectivity index (χ4n) is 6.53. The zero-order chi connectivity index (χ0) is 29.9. The van der Waals surface area contributed by atoms with Crippen molar-refractivity contribution >= 4 is 29.2 Å². The summed E-state index contributed by atoms with van der Waals surface area (Å²) >= 11 is 6.87. The Morgan fingerprint density at radius 1 is 1.21 bits per heavy atom. The fourth-order valence-corrected chi connectivity index (χ4v) is 6.82. The van der Waals surface area contributed by atoms with Gasteiger partial charge in [0.05, 0.1) is 23.8 Å². The number of ether oxygens (including phenoxy) is 2. The molecule has 42 heavy (non-hydrogen) atoms. The number of hydrogen-bond acceptors (Lipinski definition) is 8. The first-order chi connectivity index (χ1) is 20.0. The number of benzene rings is 1. The minimum Gasteiger partial charge on any atom is -0.507 e. The third-order valence-electron chi connectivity index (χ3n) is 8.68. The highest BCUT2D eigenvalue weighted by atomic mass is 35.5. The highest BCUT2D eigenvalue weighted by molar-refractivity contribution is 6.35. The number of anilines is 1. The van der Waals surface area contributed by atoms with E-state index in [9.17, 15) is 14.7 Å². The van der Waals surface area contributed by atoms with Gasteiger partial charge in [0.15, 0.2) is 5.75 Å². The molecule has 2 atom stereocenters. The lowest BCUT2D eigenvalue weighted by atomic mass is 9.99. The topological polar surface area (TPSA) is 98.7 Å². The Morgan fingerprint density at radius 3 is 2.67 bits per heavy atom. The third kappa shape index (κ3) is 4.87. The summed E-state index contributed by atoms with van der Waals surface area (Å²) in [6.07, 6.45) is 1.97. The number of likely N-dealkylation sites (tertiary alicyclic amines) is 1. The third-order valence-corrected chi connectivity index (χ3v) is 9.03. The van der Waals surface area contributed by atoms with Crippen molar-refractivity contribution in [2.45, 2.75) is 44.1 Å². The van der Waals surface area contributed by atoms with Gasteiger partial charge in [0.25, 0.3) is 5.91 Å². The van der Waals surface area contributed by atoms with Crippen molar-refractivity contribution in [3.63, 3.8) is 0 Å². The maximum atomic E-state index is 15.2. The fraction of sp³-hybridized carbons (Fsp3) is 0.500. The van der Waals surface area contributed by atoms with E-state index in [0.717, 1.165) is 13.1 Å². The van der Waals surface area contributed by atoms with Crippen LogP contribution in [0.2, 0.25) is 5.02 Å². The van der Waals surface area contributed by atoms with Crippen molar-refractivity contribution in [3.8, 4) is 22.8 Å². The van der Waals surface area contributed by atoms with Crippen molar-refractivity contribution < 1.29 is 28.6 Å². The number of fused-ring (bicyclic) bond motifs is 2. The monoisotopic (exact) mass is 599 g/mol. The van der Waals surface area contributed by atoms with Crippen molar-refractivity contribution in [3.05, 3.63) is 47.3 Å². The van der Waals surface area contributed by atoms with Gasteiger partial charge >= 0.3 is 0 Å². The summed E-state index contributed by atoms with van der Waals surface area (Å²) in [6, 6.07) is 3.53. The highest BCUT2D eigenvalue weighted by Crippen LogP contribution is 2.48. The number of carbonyl (C=O) groups is 2. The van der Waals surface area contributed by atoms with Crippen molar-refractivity contribution in [1.82, 2.24) is 19.7 Å². The number of phenolic OH excluding ortho intramolecular Hbond substituents is 1. The Hall–Kier alpha value is -3.41. The average Bonchev–Trinajstić information content (AvgIpc) is 3.15. The molecule has 1 N–H and O–H groups in total. The molecule has 6 rings (SSSR count). The Kier molecular flexibility index (Phi) is 7.31. The standard InChI is InChI=1S/C30H35ClFN5O5/c1-5-22(39)35-9-10-36-17(12-35)16-41-27-24(29(36)40)28(33-26(25(27)31)23-20(32)7-6-8-21(23)38)37-15-18(11-30(37,2)3)42-19-13-34(4)14-19/h5-8,17-19,38H,1,9-16H2,2-4H3/t17-,18?/m1/s1. The summed E-state index contributed by atoms with van der Waals surface area (Å²) in [6.45, 7) is 10.8. The SMILES string of the molecule is C=CC(=O)N1CCN2C(=O)c3c(N4CC(OC5CN(C)C5)CC4(C)C)nc(-c4c(O)cccc4F)c(Cl)c3OC[C@H]2C1. The van der Waals surface area contributed by atoms with E-state index in [4.69, 9.17) is 26.1 Å². The molecule has 3 saturated heterocycles. The van der Waals surface area contributed by atoms with Crippen LogP contribution in [0.1, 0.15) is 30.6 Å². The lowest BCUT2D eigenvalue weighted by Crippen LogP contribution is -2.57. The molecule has 2 amide bonds. The summed E-state index contributed by atoms with van der Waals surface area (Å²) in [4.78, 5) is 39.0. The summed E-state index contributed by atoms with van der Waals surface area (Å²) in [5, 5.41) is 10.6. The first-order valence-corrected chi connectivity index (χ1v) is 14.5. The molecule has 4 aliphatic heterocycles. The summed E-state index contributed by atoms with van der Waals surface area (Å²) < 4.78 is 27.8. The molecule has 12 heteroatoms. The first-order valence-electron chi connectivity index (χ1n) is 14.2. The van der Waals surface area contributed by atoms with E-state index in [2.05, 4.69) is 25.3 Å². The van der Waals surface area contributed by atoms with E-state index in [1.807, 2.05) is 11.9 Å². The number of pyridine rings is 1. The molecule has 1 aromatic heterocycles. The molecular formula is C30H35ClFN5O5. The van der Waals surface area contributed by atoms with Gasteiger partial charge in [-0.15, -0.1) is 0 Å². The zero-order valence-corrected chi connectivity index (χ0v) is 24.7. The lowest BCUT2D eigenvalue weighted by molar-refractivity contribution is -0.128. The van der Waals surface area contributed by atoms with Crippen LogP contribution >= 0.6 is 11.6 Å². The van der Waals surface area contributed by atoms with E-state index in [0.29, 0.717) is 31.9 Å². The highest BCUT2D eigenvalue weighted by Gasteiger charge is 2.46. The van der Waals surface area contributed by atoms with E-state index in [1.54, 1.807) is 9.80 Å². The predicted octanol–water partition coefficient (Wildman–Crippen LogP) is 3.17. The van der Waals surface area contributed by atoms with Crippen LogP contribution < -0.4 is 9.64 Å². The number of rotatable bonds is 5. The number of carbonyl (C=O) groups excluding carboxylic acids is 2. The number of likely N-dealkylation sites (N-methyl/N-ethyl adjacent to an activating group) is 1. The van der Waals surface area contributed by atoms with Crippen LogP contribution in [-0.4, -0.2) is 113 Å². The number of aromatic nitrogens is 1. The van der Waals surface area contributed by atoms with Gasteiger partial charge in [0, 0.05) is 44.8 Å². The van der Waals surface area contributed by atoms with Crippen LogP contribution in [0, 0.1) is 5.82 Å². The maximum absolute atomic E-state index is 15.2. The van der Waals surface area contributed by atoms with Gasteiger partial charge in [-0.05, 0) is 45.5 Å². The minimum absolute atomic E-state index is 0.0158. The summed E-state index contributed by atoms with van der Waals surface area (Å²) in [5.41, 5.74) is -0.486. The van der Waals surface area contributed by atoms with Gasteiger partial charge in [-0.3, -0.25) is 9.59 Å². The van der Waals surface area contributed by atoms with Crippen LogP contribution in [0.25, 0.3) is 11.3 Å². The van der Waals surface area contributed by atoms with Crippen molar-refractivity contribution in [2.75, 3.05) is 57.8 Å². The molecule has 3 fully saturated rings. The molecule has 0 spiro atoms. The van der Waals surface area contributed by atoms with Crippen molar-refractivity contribution in [1.29, 1.82) is 0 Å². The van der Waals surface area contributed by atoms with Gasteiger partial charge in [-0.1, -0.05) is 24.2 Å². The molecule has 0 bridgehead atoms. The van der Waals surface area contributed by atoms with E-state index in [1.165, 1.54) is 24.3 Å². The second-order valence-corrected chi connectivity index (χ2v) is 12.5.